The zero-order chi connectivity index (χ0) is 24.0. The maximum atomic E-state index is 11.1. The minimum absolute atomic E-state index is 0.143. The predicted octanol–water partition coefficient (Wildman–Crippen LogP) is 6.03. The average Bonchev–Trinajstić information content (AvgIpc) is 3.39. The van der Waals surface area contributed by atoms with Crippen LogP contribution in [0.1, 0.15) is 43.8 Å². The molecule has 1 aromatic carbocycles. The van der Waals surface area contributed by atoms with Gasteiger partial charge in [-0.3, -0.25) is 4.98 Å². The van der Waals surface area contributed by atoms with Crippen molar-refractivity contribution in [2.45, 2.75) is 43.1 Å². The molecule has 1 aliphatic heterocycles. The smallest absolute Gasteiger partial charge is 0.119 e. The summed E-state index contributed by atoms with van der Waals surface area (Å²) in [6, 6.07) is 7.79. The molecule has 184 valence electrons. The molecule has 3 heterocycles. The number of piperidine rings is 1. The number of hydrogen-bond acceptors (Lipinski definition) is 7. The summed E-state index contributed by atoms with van der Waals surface area (Å²) >= 11 is 10.1. The zero-order valence-corrected chi connectivity index (χ0v) is 22.0. The van der Waals surface area contributed by atoms with E-state index in [1.807, 2.05) is 30.0 Å². The van der Waals surface area contributed by atoms with E-state index < -0.39 is 6.10 Å². The topological polar surface area (TPSA) is 65.8 Å². The van der Waals surface area contributed by atoms with Crippen molar-refractivity contribution >= 4 is 45.6 Å². The molecular formula is C26H33ClN2O3S2. The standard InChI is InChI=1S/C26H33ClN2O3S2/c1-32-19-3-4-23-21(15-19)25(22(27)16-28-23)24(31)5-7-26(18-30)8-11-29(12-9-26)10-2-13-34-20-6-14-33-17-20/h3-4,6,14-17,24,30-31H,2,5,7-13,18H2,1H3/t24-/m1/s1. The Kier molecular flexibility index (Phi) is 9.13. The van der Waals surface area contributed by atoms with E-state index in [1.165, 1.54) is 11.3 Å². The van der Waals surface area contributed by atoms with Gasteiger partial charge < -0.3 is 19.8 Å². The number of aliphatic hydroxyl groups excluding tert-OH is 2. The van der Waals surface area contributed by atoms with E-state index in [2.05, 4.69) is 26.7 Å². The summed E-state index contributed by atoms with van der Waals surface area (Å²) in [5, 5.41) is 27.0. The number of methoxy groups -OCH3 is 1. The van der Waals surface area contributed by atoms with Gasteiger partial charge >= 0.3 is 0 Å². The number of aliphatic hydroxyl groups is 2. The molecule has 0 aliphatic carbocycles. The van der Waals surface area contributed by atoms with Gasteiger partial charge in [-0.05, 0) is 92.6 Å². The summed E-state index contributed by atoms with van der Waals surface area (Å²) < 4.78 is 5.36. The van der Waals surface area contributed by atoms with Crippen LogP contribution in [0.3, 0.4) is 0 Å². The number of rotatable bonds is 11. The number of aromatic nitrogens is 1. The normalized spacial score (nSPS) is 17.2. The first kappa shape index (κ1) is 25.7. The van der Waals surface area contributed by atoms with Crippen LogP contribution in [-0.2, 0) is 0 Å². The molecule has 0 radical (unpaired) electrons. The molecule has 2 N–H and O–H groups in total. The van der Waals surface area contributed by atoms with Crippen LogP contribution in [0.15, 0.2) is 46.1 Å². The molecular weight excluding hydrogens is 488 g/mol. The van der Waals surface area contributed by atoms with E-state index in [0.29, 0.717) is 22.8 Å². The van der Waals surface area contributed by atoms with Crippen LogP contribution in [-0.4, -0.2) is 59.2 Å². The number of thioether (sulfide) groups is 1. The third-order valence-electron chi connectivity index (χ3n) is 6.98. The second-order valence-electron chi connectivity index (χ2n) is 9.12. The van der Waals surface area contributed by atoms with Crippen LogP contribution in [0.5, 0.6) is 5.75 Å². The Balaban J connectivity index is 1.31. The molecule has 5 nitrogen and oxygen atoms in total. The van der Waals surface area contributed by atoms with Crippen molar-refractivity contribution in [3.05, 3.63) is 51.8 Å². The number of ether oxygens (including phenoxy) is 1. The number of pyridine rings is 1. The first-order valence-electron chi connectivity index (χ1n) is 11.8. The van der Waals surface area contributed by atoms with Gasteiger partial charge in [-0.25, -0.2) is 0 Å². The van der Waals surface area contributed by atoms with Crippen LogP contribution < -0.4 is 4.74 Å². The van der Waals surface area contributed by atoms with Gasteiger partial charge in [0.15, 0.2) is 0 Å². The largest absolute Gasteiger partial charge is 0.497 e. The average molecular weight is 521 g/mol. The molecule has 0 unspecified atom stereocenters. The summed E-state index contributed by atoms with van der Waals surface area (Å²) in [6.45, 7) is 3.24. The first-order valence-corrected chi connectivity index (χ1v) is 14.1. The molecule has 8 heteroatoms. The highest BCUT2D eigenvalue weighted by Crippen LogP contribution is 2.40. The van der Waals surface area contributed by atoms with Crippen LogP contribution >= 0.6 is 34.7 Å². The highest BCUT2D eigenvalue weighted by molar-refractivity contribution is 7.99. The molecule has 3 aromatic rings. The molecule has 1 aliphatic rings. The van der Waals surface area contributed by atoms with Crippen molar-refractivity contribution in [2.24, 2.45) is 5.41 Å². The van der Waals surface area contributed by atoms with Crippen LogP contribution in [0.4, 0.5) is 0 Å². The van der Waals surface area contributed by atoms with Gasteiger partial charge in [0.2, 0.25) is 0 Å². The Morgan fingerprint density at radius 3 is 2.82 bits per heavy atom. The lowest BCUT2D eigenvalue weighted by molar-refractivity contribution is 0.0238. The Morgan fingerprint density at radius 1 is 1.29 bits per heavy atom. The first-order chi connectivity index (χ1) is 16.5. The van der Waals surface area contributed by atoms with Gasteiger partial charge in [0, 0.05) is 34.0 Å². The second kappa shape index (κ2) is 12.1. The van der Waals surface area contributed by atoms with Crippen molar-refractivity contribution in [3.8, 4) is 5.75 Å². The van der Waals surface area contributed by atoms with Crippen molar-refractivity contribution in [2.75, 3.05) is 39.1 Å². The number of benzene rings is 1. The van der Waals surface area contributed by atoms with E-state index in [0.717, 1.165) is 55.6 Å². The lowest BCUT2D eigenvalue weighted by Gasteiger charge is -2.41. The van der Waals surface area contributed by atoms with Gasteiger partial charge in [-0.15, -0.1) is 11.8 Å². The van der Waals surface area contributed by atoms with E-state index >= 15 is 0 Å². The van der Waals surface area contributed by atoms with Gasteiger partial charge in [0.25, 0.3) is 0 Å². The lowest BCUT2D eigenvalue weighted by atomic mass is 9.74. The summed E-state index contributed by atoms with van der Waals surface area (Å²) in [5.41, 5.74) is 1.33. The Morgan fingerprint density at radius 2 is 2.12 bits per heavy atom. The van der Waals surface area contributed by atoms with Gasteiger partial charge in [-0.1, -0.05) is 11.6 Å². The van der Waals surface area contributed by atoms with Crippen molar-refractivity contribution < 1.29 is 14.9 Å². The maximum absolute atomic E-state index is 11.1. The van der Waals surface area contributed by atoms with E-state index in [4.69, 9.17) is 16.3 Å². The van der Waals surface area contributed by atoms with Crippen LogP contribution in [0.2, 0.25) is 5.02 Å². The molecule has 34 heavy (non-hydrogen) atoms. The highest BCUT2D eigenvalue weighted by atomic mass is 35.5. The Bertz CT molecular complexity index is 1060. The predicted molar refractivity (Wildman–Crippen MR) is 142 cm³/mol. The van der Waals surface area contributed by atoms with E-state index in [9.17, 15) is 10.2 Å². The summed E-state index contributed by atoms with van der Waals surface area (Å²) in [6.07, 6.45) is 5.26. The molecule has 0 saturated carbocycles. The van der Waals surface area contributed by atoms with Crippen LogP contribution in [0, 0.1) is 5.41 Å². The van der Waals surface area contributed by atoms with Gasteiger partial charge in [0.1, 0.15) is 5.75 Å². The SMILES string of the molecule is COc1ccc2ncc(Cl)c([C@H](O)CCC3(CO)CCN(CCCSc4ccsc4)CC3)c2c1. The Hall–Kier alpha value is -1.35. The monoisotopic (exact) mass is 520 g/mol. The Labute approximate surface area is 215 Å². The fourth-order valence-electron chi connectivity index (χ4n) is 4.77. The lowest BCUT2D eigenvalue weighted by Crippen LogP contribution is -2.42. The summed E-state index contributed by atoms with van der Waals surface area (Å²) in [4.78, 5) is 8.26. The van der Waals surface area contributed by atoms with Gasteiger partial charge in [-0.2, -0.15) is 11.3 Å². The fourth-order valence-corrected chi connectivity index (χ4v) is 6.76. The zero-order valence-electron chi connectivity index (χ0n) is 19.6. The number of fused-ring (bicyclic) bond motifs is 1. The summed E-state index contributed by atoms with van der Waals surface area (Å²) in [5.74, 6) is 1.84. The van der Waals surface area contributed by atoms with Crippen molar-refractivity contribution in [1.82, 2.24) is 9.88 Å². The maximum Gasteiger partial charge on any atom is 0.119 e. The number of hydrogen-bond donors (Lipinski definition) is 2. The molecule has 0 bridgehead atoms. The summed E-state index contributed by atoms with van der Waals surface area (Å²) in [7, 11) is 1.62. The second-order valence-corrected chi connectivity index (χ2v) is 11.5. The number of nitrogens with zero attached hydrogens (tertiary/aromatic N) is 2. The van der Waals surface area contributed by atoms with Crippen molar-refractivity contribution in [3.63, 3.8) is 0 Å². The molecule has 4 rings (SSSR count). The highest BCUT2D eigenvalue weighted by Gasteiger charge is 2.34. The fraction of sp³-hybridized carbons (Fsp3) is 0.500. The molecule has 2 aromatic heterocycles. The minimum atomic E-state index is -0.722. The number of halogens is 1. The quantitative estimate of drug-likeness (QED) is 0.238. The molecule has 1 saturated heterocycles. The van der Waals surface area contributed by atoms with E-state index in [1.54, 1.807) is 24.6 Å². The number of thiophene rings is 1. The third-order valence-corrected chi connectivity index (χ3v) is 9.20. The third kappa shape index (κ3) is 6.25. The molecule has 0 spiro atoms. The molecule has 1 atom stereocenters. The number of likely N-dealkylation sites (tertiary alicyclic amines) is 1. The minimum Gasteiger partial charge on any atom is -0.497 e. The van der Waals surface area contributed by atoms with Crippen LogP contribution in [0.25, 0.3) is 10.9 Å². The molecule has 0 amide bonds. The van der Waals surface area contributed by atoms with E-state index in [-0.39, 0.29) is 12.0 Å². The van der Waals surface area contributed by atoms with Gasteiger partial charge in [0.05, 0.1) is 23.8 Å². The van der Waals surface area contributed by atoms with Crippen molar-refractivity contribution in [1.29, 1.82) is 0 Å². The molecule has 1 fully saturated rings.